The van der Waals surface area contributed by atoms with Crippen molar-refractivity contribution in [2.75, 3.05) is 23.8 Å². The molecule has 8 heteroatoms. The number of carbonyl (C=O) groups is 2. The molecule has 0 atom stereocenters. The Morgan fingerprint density at radius 1 is 0.917 bits per heavy atom. The summed E-state index contributed by atoms with van der Waals surface area (Å²) >= 11 is 11.6. The van der Waals surface area contributed by atoms with Crippen LogP contribution in [0.25, 0.3) is 0 Å². The van der Waals surface area contributed by atoms with Gasteiger partial charge in [-0.25, -0.2) is 9.59 Å². The van der Waals surface area contributed by atoms with Gasteiger partial charge in [-0.15, -0.1) is 0 Å². The van der Waals surface area contributed by atoms with E-state index in [0.717, 1.165) is 0 Å². The van der Waals surface area contributed by atoms with E-state index in [0.29, 0.717) is 21.4 Å². The molecule has 2 aromatic carbocycles. The van der Waals surface area contributed by atoms with Crippen LogP contribution in [0.4, 0.5) is 21.0 Å². The van der Waals surface area contributed by atoms with Crippen LogP contribution >= 0.6 is 23.2 Å². The molecule has 0 aromatic heterocycles. The van der Waals surface area contributed by atoms with Crippen LogP contribution in [0, 0.1) is 0 Å². The molecule has 0 fully saturated rings. The van der Waals surface area contributed by atoms with E-state index in [1.807, 2.05) is 0 Å². The Hall–Kier alpha value is -2.44. The van der Waals surface area contributed by atoms with Gasteiger partial charge in [0.1, 0.15) is 6.61 Å². The van der Waals surface area contributed by atoms with Gasteiger partial charge in [0, 0.05) is 21.4 Å². The number of benzene rings is 2. The Balaban J connectivity index is 1.65. The summed E-state index contributed by atoms with van der Waals surface area (Å²) in [6.07, 6.45) is -0.630. The molecule has 0 aliphatic carbocycles. The minimum absolute atomic E-state index is 0.0232. The average molecular weight is 368 g/mol. The molecular weight excluding hydrogens is 353 g/mol. The number of rotatable bonds is 5. The maximum Gasteiger partial charge on any atom is 0.411 e. The molecule has 0 heterocycles. The van der Waals surface area contributed by atoms with Crippen LogP contribution in [0.5, 0.6) is 0 Å². The van der Waals surface area contributed by atoms with Crippen molar-refractivity contribution >= 4 is 46.7 Å². The van der Waals surface area contributed by atoms with E-state index in [1.54, 1.807) is 48.5 Å². The normalized spacial score (nSPS) is 9.92. The Morgan fingerprint density at radius 3 is 2.08 bits per heavy atom. The second-order valence-electron chi connectivity index (χ2n) is 4.66. The molecule has 126 valence electrons. The summed E-state index contributed by atoms with van der Waals surface area (Å²) in [5, 5.41) is 8.73. The average Bonchev–Trinajstić information content (AvgIpc) is 2.51. The van der Waals surface area contributed by atoms with Gasteiger partial charge in [-0.1, -0.05) is 35.3 Å². The topological polar surface area (TPSA) is 79.5 Å². The lowest BCUT2D eigenvalue weighted by Gasteiger charge is -2.09. The number of ether oxygens (including phenoxy) is 1. The van der Waals surface area contributed by atoms with Crippen LogP contribution in [0.2, 0.25) is 10.0 Å². The predicted octanol–water partition coefficient (Wildman–Crippen LogP) is 4.36. The molecular formula is C16H15Cl2N3O3. The number of hydrogen-bond acceptors (Lipinski definition) is 3. The van der Waals surface area contributed by atoms with Crippen LogP contribution in [0.1, 0.15) is 0 Å². The number of carbonyl (C=O) groups excluding carboxylic acids is 2. The molecule has 24 heavy (non-hydrogen) atoms. The third-order valence-electron chi connectivity index (χ3n) is 2.77. The first kappa shape index (κ1) is 17.9. The molecule has 0 spiro atoms. The van der Waals surface area contributed by atoms with Crippen LogP contribution in [-0.4, -0.2) is 25.3 Å². The summed E-state index contributed by atoms with van der Waals surface area (Å²) in [7, 11) is 0. The highest BCUT2D eigenvalue weighted by Crippen LogP contribution is 2.15. The smallest absolute Gasteiger partial charge is 0.411 e. The zero-order valence-electron chi connectivity index (χ0n) is 12.5. The van der Waals surface area contributed by atoms with Gasteiger partial charge in [0.15, 0.2) is 0 Å². The highest BCUT2D eigenvalue weighted by atomic mass is 35.5. The number of halogens is 2. The first-order valence-electron chi connectivity index (χ1n) is 7.03. The Morgan fingerprint density at radius 2 is 1.50 bits per heavy atom. The van der Waals surface area contributed by atoms with Crippen LogP contribution in [-0.2, 0) is 4.74 Å². The van der Waals surface area contributed by atoms with Crippen molar-refractivity contribution in [1.29, 1.82) is 0 Å². The van der Waals surface area contributed by atoms with E-state index in [1.165, 1.54) is 0 Å². The van der Waals surface area contributed by atoms with E-state index < -0.39 is 12.1 Å². The zero-order chi connectivity index (χ0) is 17.4. The Bertz CT molecular complexity index is 664. The molecule has 6 nitrogen and oxygen atoms in total. The van der Waals surface area contributed by atoms with Crippen molar-refractivity contribution in [3.8, 4) is 0 Å². The summed E-state index contributed by atoms with van der Waals surface area (Å²) in [4.78, 5) is 23.2. The van der Waals surface area contributed by atoms with E-state index in [4.69, 9.17) is 27.9 Å². The molecule has 3 amide bonds. The number of urea groups is 1. The van der Waals surface area contributed by atoms with E-state index >= 15 is 0 Å². The van der Waals surface area contributed by atoms with Crippen molar-refractivity contribution in [1.82, 2.24) is 5.32 Å². The first-order valence-corrected chi connectivity index (χ1v) is 7.78. The summed E-state index contributed by atoms with van der Waals surface area (Å²) in [5.41, 5.74) is 1.10. The second kappa shape index (κ2) is 9.00. The van der Waals surface area contributed by atoms with Crippen LogP contribution < -0.4 is 16.0 Å². The Kier molecular flexibility index (Phi) is 6.72. The van der Waals surface area contributed by atoms with Gasteiger partial charge >= 0.3 is 12.1 Å². The molecule has 0 saturated heterocycles. The van der Waals surface area contributed by atoms with Crippen molar-refractivity contribution in [2.24, 2.45) is 0 Å². The SMILES string of the molecule is O=C(NCCOC(=O)Nc1cccc(Cl)c1)Nc1cccc(Cl)c1. The highest BCUT2D eigenvalue weighted by Gasteiger charge is 2.05. The zero-order valence-corrected chi connectivity index (χ0v) is 14.0. The van der Waals surface area contributed by atoms with Crippen LogP contribution in [0.15, 0.2) is 48.5 Å². The van der Waals surface area contributed by atoms with Crippen molar-refractivity contribution in [3.63, 3.8) is 0 Å². The lowest BCUT2D eigenvalue weighted by atomic mass is 10.3. The van der Waals surface area contributed by atoms with Gasteiger partial charge in [0.25, 0.3) is 0 Å². The molecule has 0 unspecified atom stereocenters. The summed E-state index contributed by atoms with van der Waals surface area (Å²) in [6, 6.07) is 13.0. The van der Waals surface area contributed by atoms with E-state index in [2.05, 4.69) is 16.0 Å². The van der Waals surface area contributed by atoms with Gasteiger partial charge in [0.05, 0.1) is 6.54 Å². The lowest BCUT2D eigenvalue weighted by molar-refractivity contribution is 0.162. The van der Waals surface area contributed by atoms with Gasteiger partial charge in [-0.05, 0) is 36.4 Å². The quantitative estimate of drug-likeness (QED) is 0.686. The van der Waals surface area contributed by atoms with Gasteiger partial charge in [-0.2, -0.15) is 0 Å². The highest BCUT2D eigenvalue weighted by molar-refractivity contribution is 6.31. The number of hydrogen-bond donors (Lipinski definition) is 3. The number of nitrogens with one attached hydrogen (secondary N) is 3. The van der Waals surface area contributed by atoms with Crippen molar-refractivity contribution in [3.05, 3.63) is 58.6 Å². The second-order valence-corrected chi connectivity index (χ2v) is 5.54. The largest absolute Gasteiger partial charge is 0.447 e. The molecule has 2 rings (SSSR count). The van der Waals surface area contributed by atoms with Gasteiger partial charge in [-0.3, -0.25) is 5.32 Å². The number of amides is 3. The summed E-state index contributed by atoms with van der Waals surface area (Å²) in [5.74, 6) is 0. The predicted molar refractivity (Wildman–Crippen MR) is 94.9 cm³/mol. The third-order valence-corrected chi connectivity index (χ3v) is 3.24. The van der Waals surface area contributed by atoms with Gasteiger partial charge < -0.3 is 15.4 Å². The molecule has 2 aromatic rings. The maximum absolute atomic E-state index is 11.7. The molecule has 0 aliphatic rings. The fraction of sp³-hybridized carbons (Fsp3) is 0.125. The van der Waals surface area contributed by atoms with Crippen molar-refractivity contribution < 1.29 is 14.3 Å². The molecule has 3 N–H and O–H groups in total. The molecule has 0 aliphatic heterocycles. The molecule has 0 bridgehead atoms. The molecule has 0 radical (unpaired) electrons. The minimum Gasteiger partial charge on any atom is -0.447 e. The Labute approximate surface area is 149 Å². The standard InChI is InChI=1S/C16H15Cl2N3O3/c17-11-3-1-5-13(9-11)20-15(22)19-7-8-24-16(23)21-14-6-2-4-12(18)10-14/h1-6,9-10H,7-8H2,(H,21,23)(H2,19,20,22). The van der Waals surface area contributed by atoms with Crippen molar-refractivity contribution in [2.45, 2.75) is 0 Å². The van der Waals surface area contributed by atoms with Gasteiger partial charge in [0.2, 0.25) is 0 Å². The minimum atomic E-state index is -0.630. The summed E-state index contributed by atoms with van der Waals surface area (Å²) in [6.45, 7) is 0.185. The lowest BCUT2D eigenvalue weighted by Crippen LogP contribution is -2.32. The maximum atomic E-state index is 11.7. The molecule has 0 saturated carbocycles. The number of anilines is 2. The monoisotopic (exact) mass is 367 g/mol. The van der Waals surface area contributed by atoms with E-state index in [9.17, 15) is 9.59 Å². The van der Waals surface area contributed by atoms with Crippen LogP contribution in [0.3, 0.4) is 0 Å². The third kappa shape index (κ3) is 6.36. The fourth-order valence-corrected chi connectivity index (χ4v) is 2.15. The fourth-order valence-electron chi connectivity index (χ4n) is 1.77. The first-order chi connectivity index (χ1) is 11.5. The van der Waals surface area contributed by atoms with E-state index in [-0.39, 0.29) is 13.2 Å². The summed E-state index contributed by atoms with van der Waals surface area (Å²) < 4.78 is 4.95.